The van der Waals surface area contributed by atoms with Crippen LogP contribution in [0.1, 0.15) is 31.9 Å². The third-order valence-corrected chi connectivity index (χ3v) is 5.28. The van der Waals surface area contributed by atoms with E-state index in [1.54, 1.807) is 6.92 Å². The number of aromatic hydroxyl groups is 2. The minimum Gasteiger partial charge on any atom is -0.507 e. The second-order valence-corrected chi connectivity index (χ2v) is 7.86. The molecule has 0 aliphatic carbocycles. The zero-order valence-corrected chi connectivity index (χ0v) is 18.8. The summed E-state index contributed by atoms with van der Waals surface area (Å²) in [5, 5.41) is 21.5. The van der Waals surface area contributed by atoms with Gasteiger partial charge in [0.2, 0.25) is 5.43 Å². The summed E-state index contributed by atoms with van der Waals surface area (Å²) >= 11 is 0. The summed E-state index contributed by atoms with van der Waals surface area (Å²) in [4.78, 5) is 26.0. The number of hydrogen-bond donors (Lipinski definition) is 2. The smallest absolute Gasteiger partial charge is 0.204 e. The summed E-state index contributed by atoms with van der Waals surface area (Å²) in [5.74, 6) is -0.486. The van der Waals surface area contributed by atoms with Crippen molar-refractivity contribution >= 4 is 27.7 Å². The first kappa shape index (κ1) is 22.9. The van der Waals surface area contributed by atoms with Crippen LogP contribution in [-0.4, -0.2) is 30.2 Å². The van der Waals surface area contributed by atoms with Crippen LogP contribution in [0.15, 0.2) is 45.1 Å². The standard InChI is InChI=1S/C25H26O7/c1-12(2)7-8-14-18(30-5)11-20-22(23(14)28)24(29)21-15(9-16(26)13(3)4)25(31-6)17(27)10-19(21)32-20/h7,10-11,27-28H,3,8-9H2,1-2,4-6H3. The molecular weight excluding hydrogens is 412 g/mol. The lowest BCUT2D eigenvalue weighted by molar-refractivity contribution is -0.114. The van der Waals surface area contributed by atoms with Crippen LogP contribution < -0.4 is 14.9 Å². The van der Waals surface area contributed by atoms with Gasteiger partial charge in [-0.05, 0) is 32.8 Å². The van der Waals surface area contributed by atoms with Crippen molar-refractivity contribution in [1.29, 1.82) is 0 Å². The third-order valence-electron chi connectivity index (χ3n) is 5.28. The van der Waals surface area contributed by atoms with Gasteiger partial charge in [-0.15, -0.1) is 0 Å². The molecule has 2 aromatic carbocycles. The van der Waals surface area contributed by atoms with Crippen molar-refractivity contribution in [1.82, 2.24) is 0 Å². The molecule has 2 N–H and O–H groups in total. The molecule has 0 saturated carbocycles. The van der Waals surface area contributed by atoms with Crippen LogP contribution in [-0.2, 0) is 17.6 Å². The SMILES string of the molecule is C=C(C)C(=O)Cc1c(OC)c(O)cc2oc3cc(OC)c(CC=C(C)C)c(O)c3c(=O)c12. The Hall–Kier alpha value is -3.74. The first-order valence-electron chi connectivity index (χ1n) is 10.0. The van der Waals surface area contributed by atoms with Gasteiger partial charge in [0.15, 0.2) is 17.3 Å². The van der Waals surface area contributed by atoms with Gasteiger partial charge in [0, 0.05) is 29.7 Å². The maximum atomic E-state index is 13.6. The van der Waals surface area contributed by atoms with Crippen molar-refractivity contribution < 1.29 is 28.9 Å². The van der Waals surface area contributed by atoms with Gasteiger partial charge < -0.3 is 24.1 Å². The van der Waals surface area contributed by atoms with Crippen molar-refractivity contribution in [2.24, 2.45) is 0 Å². The Morgan fingerprint density at radius 2 is 1.72 bits per heavy atom. The number of phenolic OH excluding ortho intramolecular Hbond substituents is 2. The molecule has 1 aromatic heterocycles. The van der Waals surface area contributed by atoms with Crippen LogP contribution in [0, 0.1) is 0 Å². The van der Waals surface area contributed by atoms with E-state index in [9.17, 15) is 19.8 Å². The summed E-state index contributed by atoms with van der Waals surface area (Å²) in [5.41, 5.74) is 1.57. The summed E-state index contributed by atoms with van der Waals surface area (Å²) in [7, 11) is 2.79. The Kier molecular flexibility index (Phi) is 6.30. The van der Waals surface area contributed by atoms with E-state index in [4.69, 9.17) is 13.9 Å². The first-order valence-corrected chi connectivity index (χ1v) is 10.0. The molecule has 0 aliphatic rings. The molecular formula is C25H26O7. The Morgan fingerprint density at radius 3 is 2.28 bits per heavy atom. The highest BCUT2D eigenvalue weighted by Gasteiger charge is 2.25. The molecule has 0 amide bonds. The van der Waals surface area contributed by atoms with Gasteiger partial charge in [-0.1, -0.05) is 18.2 Å². The monoisotopic (exact) mass is 438 g/mol. The maximum absolute atomic E-state index is 13.6. The number of fused-ring (bicyclic) bond motifs is 2. The van der Waals surface area contributed by atoms with Gasteiger partial charge in [0.05, 0.1) is 19.6 Å². The van der Waals surface area contributed by atoms with Crippen LogP contribution in [0.4, 0.5) is 0 Å². The van der Waals surface area contributed by atoms with E-state index in [2.05, 4.69) is 6.58 Å². The molecule has 3 aromatic rings. The van der Waals surface area contributed by atoms with Crippen molar-refractivity contribution in [3.05, 3.63) is 57.3 Å². The van der Waals surface area contributed by atoms with Gasteiger partial charge in [-0.3, -0.25) is 9.59 Å². The number of methoxy groups -OCH3 is 2. The molecule has 0 atom stereocenters. The lowest BCUT2D eigenvalue weighted by Crippen LogP contribution is -2.12. The highest BCUT2D eigenvalue weighted by atomic mass is 16.5. The van der Waals surface area contributed by atoms with Gasteiger partial charge in [-0.25, -0.2) is 0 Å². The number of hydrogen-bond acceptors (Lipinski definition) is 7. The third kappa shape index (κ3) is 3.93. The lowest BCUT2D eigenvalue weighted by atomic mass is 9.97. The second-order valence-electron chi connectivity index (χ2n) is 7.86. The molecule has 168 valence electrons. The van der Waals surface area contributed by atoms with Crippen LogP contribution in [0.25, 0.3) is 21.9 Å². The summed E-state index contributed by atoms with van der Waals surface area (Å²) in [6.45, 7) is 9.06. The molecule has 7 nitrogen and oxygen atoms in total. The minimum atomic E-state index is -0.539. The highest BCUT2D eigenvalue weighted by Crippen LogP contribution is 2.41. The largest absolute Gasteiger partial charge is 0.507 e. The Morgan fingerprint density at radius 1 is 1.06 bits per heavy atom. The molecule has 0 spiro atoms. The maximum Gasteiger partial charge on any atom is 0.204 e. The fourth-order valence-corrected chi connectivity index (χ4v) is 3.61. The Labute approximate surface area is 185 Å². The van der Waals surface area contributed by atoms with Crippen LogP contribution in [0.2, 0.25) is 0 Å². The molecule has 0 fully saturated rings. The molecule has 0 bridgehead atoms. The number of ether oxygens (including phenoxy) is 2. The van der Waals surface area contributed by atoms with Crippen LogP contribution >= 0.6 is 0 Å². The number of carbonyl (C=O) groups excluding carboxylic acids is 1. The van der Waals surface area contributed by atoms with E-state index in [1.807, 2.05) is 19.9 Å². The fourth-order valence-electron chi connectivity index (χ4n) is 3.61. The van der Waals surface area contributed by atoms with Crippen molar-refractivity contribution in [3.8, 4) is 23.0 Å². The number of benzene rings is 2. The van der Waals surface area contributed by atoms with Crippen molar-refractivity contribution in [2.45, 2.75) is 33.6 Å². The molecule has 1 heterocycles. The lowest BCUT2D eigenvalue weighted by Gasteiger charge is -2.15. The summed E-state index contributed by atoms with van der Waals surface area (Å²) in [6, 6.07) is 2.79. The molecule has 3 rings (SSSR count). The van der Waals surface area contributed by atoms with Gasteiger partial charge in [0.1, 0.15) is 28.1 Å². The predicted octanol–water partition coefficient (Wildman–Crippen LogP) is 4.57. The topological polar surface area (TPSA) is 106 Å². The van der Waals surface area contributed by atoms with Gasteiger partial charge in [-0.2, -0.15) is 0 Å². The second kappa shape index (κ2) is 8.78. The zero-order valence-electron chi connectivity index (χ0n) is 18.8. The zero-order chi connectivity index (χ0) is 23.7. The minimum absolute atomic E-state index is 0.00323. The van der Waals surface area contributed by atoms with Crippen molar-refractivity contribution in [3.63, 3.8) is 0 Å². The molecule has 0 unspecified atom stereocenters. The number of rotatable bonds is 7. The molecule has 0 radical (unpaired) electrons. The van der Waals surface area contributed by atoms with Crippen LogP contribution in [0.3, 0.4) is 0 Å². The molecule has 32 heavy (non-hydrogen) atoms. The highest BCUT2D eigenvalue weighted by molar-refractivity contribution is 6.02. The average molecular weight is 438 g/mol. The van der Waals surface area contributed by atoms with E-state index in [0.29, 0.717) is 23.3 Å². The van der Waals surface area contributed by atoms with Crippen LogP contribution in [0.5, 0.6) is 23.0 Å². The number of phenols is 2. The van der Waals surface area contributed by atoms with E-state index < -0.39 is 5.43 Å². The normalized spacial score (nSPS) is 10.9. The van der Waals surface area contributed by atoms with Gasteiger partial charge >= 0.3 is 0 Å². The van der Waals surface area contributed by atoms with Crippen molar-refractivity contribution in [2.75, 3.05) is 14.2 Å². The Balaban J connectivity index is 2.47. The van der Waals surface area contributed by atoms with E-state index in [0.717, 1.165) is 5.57 Å². The fraction of sp³-hybridized carbons (Fsp3) is 0.280. The average Bonchev–Trinajstić information content (AvgIpc) is 2.72. The van der Waals surface area contributed by atoms with E-state index >= 15 is 0 Å². The number of carbonyl (C=O) groups is 1. The number of ketones is 1. The van der Waals surface area contributed by atoms with E-state index in [1.165, 1.54) is 26.4 Å². The predicted molar refractivity (Wildman–Crippen MR) is 123 cm³/mol. The molecule has 7 heteroatoms. The van der Waals surface area contributed by atoms with Gasteiger partial charge in [0.25, 0.3) is 0 Å². The summed E-state index contributed by atoms with van der Waals surface area (Å²) in [6.07, 6.45) is 2.04. The summed E-state index contributed by atoms with van der Waals surface area (Å²) < 4.78 is 16.6. The number of allylic oxidation sites excluding steroid dienone is 3. The first-order chi connectivity index (χ1) is 15.1. The molecule has 0 saturated heterocycles. The quantitative estimate of drug-likeness (QED) is 0.316. The molecule has 0 aliphatic heterocycles. The van der Waals surface area contributed by atoms with E-state index in [-0.39, 0.29) is 57.0 Å². The number of Topliss-reactive ketones (excluding diaryl/α,β-unsaturated/α-hetero) is 1. The Bertz CT molecular complexity index is 1340.